The Labute approximate surface area is 102 Å². The molecular weight excluding hydrogens is 216 g/mol. The van der Waals surface area contributed by atoms with Crippen molar-refractivity contribution in [2.75, 3.05) is 6.61 Å². The van der Waals surface area contributed by atoms with E-state index in [1.54, 1.807) is 0 Å². The monoisotopic (exact) mass is 238 g/mol. The number of hydrogen-bond acceptors (Lipinski definition) is 3. The maximum atomic E-state index is 10.7. The van der Waals surface area contributed by atoms with Crippen molar-refractivity contribution in [3.63, 3.8) is 0 Å². The zero-order chi connectivity index (χ0) is 12.1. The maximum absolute atomic E-state index is 10.7. The molecule has 17 heavy (non-hydrogen) atoms. The lowest BCUT2D eigenvalue weighted by atomic mass is 9.64. The Hall–Kier alpha value is -0.120. The van der Waals surface area contributed by atoms with Gasteiger partial charge in [-0.2, -0.15) is 0 Å². The molecule has 0 aromatic carbocycles. The third-order valence-electron chi connectivity index (χ3n) is 6.01. The number of aliphatic hydroxyl groups is 1. The lowest BCUT2D eigenvalue weighted by Crippen LogP contribution is -2.55. The molecule has 2 saturated carbocycles. The third kappa shape index (κ3) is 0.980. The topological polar surface area (TPSA) is 42.0 Å². The second-order valence-electron chi connectivity index (χ2n) is 7.35. The Balaban J connectivity index is 1.84. The van der Waals surface area contributed by atoms with Gasteiger partial charge in [-0.15, -0.1) is 0 Å². The summed E-state index contributed by atoms with van der Waals surface area (Å²) < 4.78 is 12.2. The Morgan fingerprint density at radius 1 is 1.24 bits per heavy atom. The van der Waals surface area contributed by atoms with Crippen molar-refractivity contribution >= 4 is 0 Å². The first-order chi connectivity index (χ1) is 7.93. The SMILES string of the molecule is C[C@@H]1CC[C@]23O[C@H]2CO[C@@]32CC(C)(C)[C@@H](O)[C@@H]12. The number of rotatable bonds is 0. The molecule has 3 nitrogen and oxygen atoms in total. The second kappa shape index (κ2) is 2.73. The molecule has 2 aliphatic heterocycles. The normalized spacial score (nSPS) is 62.8. The van der Waals surface area contributed by atoms with E-state index in [9.17, 15) is 5.11 Å². The molecule has 4 aliphatic rings. The fourth-order valence-electron chi connectivity index (χ4n) is 5.15. The van der Waals surface area contributed by atoms with Gasteiger partial charge in [0, 0.05) is 5.92 Å². The van der Waals surface area contributed by atoms with Crippen molar-refractivity contribution in [3.05, 3.63) is 0 Å². The highest BCUT2D eigenvalue weighted by Crippen LogP contribution is 2.70. The van der Waals surface area contributed by atoms with E-state index in [2.05, 4.69) is 20.8 Å². The van der Waals surface area contributed by atoms with Gasteiger partial charge in [-0.3, -0.25) is 0 Å². The summed E-state index contributed by atoms with van der Waals surface area (Å²) in [4.78, 5) is 0. The highest BCUT2D eigenvalue weighted by atomic mass is 16.7. The van der Waals surface area contributed by atoms with Crippen LogP contribution in [0.15, 0.2) is 0 Å². The minimum absolute atomic E-state index is 0.0288. The average molecular weight is 238 g/mol. The summed E-state index contributed by atoms with van der Waals surface area (Å²) in [5.41, 5.74) is -0.256. The van der Waals surface area contributed by atoms with Crippen LogP contribution in [0.3, 0.4) is 0 Å². The first kappa shape index (κ1) is 10.8. The molecule has 2 spiro atoms. The van der Waals surface area contributed by atoms with Crippen LogP contribution < -0.4 is 0 Å². The van der Waals surface area contributed by atoms with Crippen molar-refractivity contribution in [3.8, 4) is 0 Å². The van der Waals surface area contributed by atoms with Crippen molar-refractivity contribution in [1.29, 1.82) is 0 Å². The molecular formula is C14H22O3. The minimum Gasteiger partial charge on any atom is -0.392 e. The summed E-state index contributed by atoms with van der Waals surface area (Å²) in [7, 11) is 0. The van der Waals surface area contributed by atoms with E-state index in [0.29, 0.717) is 12.0 Å². The lowest BCUT2D eigenvalue weighted by Gasteiger charge is -2.45. The molecule has 0 radical (unpaired) electrons. The predicted octanol–water partition coefficient (Wildman–Crippen LogP) is 1.73. The minimum atomic E-state index is -0.252. The van der Waals surface area contributed by atoms with Gasteiger partial charge in [0.25, 0.3) is 0 Å². The van der Waals surface area contributed by atoms with Crippen LogP contribution in [-0.4, -0.2) is 35.1 Å². The standard InChI is InChI=1S/C14H22O3/c1-8-4-5-13-9(17-13)6-16-14(13)7-12(2,3)11(15)10(8)14/h8-11,15H,4-7H2,1-3H3/t8-,9+,10-,11+,13+,14-/m1/s1. The molecule has 2 saturated heterocycles. The Morgan fingerprint density at radius 2 is 2.00 bits per heavy atom. The highest BCUT2D eigenvalue weighted by molar-refractivity contribution is 5.30. The molecule has 4 rings (SSSR count). The van der Waals surface area contributed by atoms with Gasteiger partial charge in [-0.1, -0.05) is 20.8 Å². The molecule has 0 aromatic heterocycles. The van der Waals surface area contributed by atoms with Crippen molar-refractivity contribution in [2.24, 2.45) is 17.3 Å². The third-order valence-corrected chi connectivity index (χ3v) is 6.01. The second-order valence-corrected chi connectivity index (χ2v) is 7.35. The largest absolute Gasteiger partial charge is 0.392 e. The van der Waals surface area contributed by atoms with E-state index in [1.165, 1.54) is 6.42 Å². The van der Waals surface area contributed by atoms with Gasteiger partial charge < -0.3 is 14.6 Å². The molecule has 0 aromatic rings. The Kier molecular flexibility index (Phi) is 1.73. The van der Waals surface area contributed by atoms with Crippen LogP contribution in [0.1, 0.15) is 40.0 Å². The van der Waals surface area contributed by atoms with E-state index in [0.717, 1.165) is 19.4 Å². The van der Waals surface area contributed by atoms with E-state index < -0.39 is 0 Å². The van der Waals surface area contributed by atoms with Gasteiger partial charge in [0.15, 0.2) is 0 Å². The van der Waals surface area contributed by atoms with Crippen molar-refractivity contribution < 1.29 is 14.6 Å². The van der Waals surface area contributed by atoms with Crippen LogP contribution >= 0.6 is 0 Å². The molecule has 3 heteroatoms. The quantitative estimate of drug-likeness (QED) is 0.653. The van der Waals surface area contributed by atoms with E-state index >= 15 is 0 Å². The fourth-order valence-corrected chi connectivity index (χ4v) is 5.15. The number of aliphatic hydroxyl groups excluding tert-OH is 1. The highest BCUT2D eigenvalue weighted by Gasteiger charge is 2.82. The van der Waals surface area contributed by atoms with Gasteiger partial charge in [-0.05, 0) is 30.6 Å². The summed E-state index contributed by atoms with van der Waals surface area (Å²) in [6.07, 6.45) is 3.31. The van der Waals surface area contributed by atoms with Gasteiger partial charge in [-0.25, -0.2) is 0 Å². The zero-order valence-electron chi connectivity index (χ0n) is 10.9. The molecule has 0 amide bonds. The summed E-state index contributed by atoms with van der Waals surface area (Å²) in [5, 5.41) is 10.7. The van der Waals surface area contributed by atoms with E-state index in [4.69, 9.17) is 9.47 Å². The van der Waals surface area contributed by atoms with Crippen LogP contribution in [0.4, 0.5) is 0 Å². The van der Waals surface area contributed by atoms with E-state index in [-0.39, 0.29) is 28.6 Å². The number of epoxide rings is 1. The predicted molar refractivity (Wildman–Crippen MR) is 62.6 cm³/mol. The summed E-state index contributed by atoms with van der Waals surface area (Å²) in [6.45, 7) is 7.35. The first-order valence-corrected chi connectivity index (χ1v) is 6.93. The lowest BCUT2D eigenvalue weighted by molar-refractivity contribution is -0.157. The molecule has 4 fully saturated rings. The van der Waals surface area contributed by atoms with Crippen LogP contribution in [0.5, 0.6) is 0 Å². The van der Waals surface area contributed by atoms with Crippen LogP contribution in [0.2, 0.25) is 0 Å². The molecule has 0 unspecified atom stereocenters. The van der Waals surface area contributed by atoms with Crippen LogP contribution in [0, 0.1) is 17.3 Å². The first-order valence-electron chi connectivity index (χ1n) is 6.93. The Bertz CT molecular complexity index is 380. The fraction of sp³-hybridized carbons (Fsp3) is 1.00. The van der Waals surface area contributed by atoms with Gasteiger partial charge >= 0.3 is 0 Å². The summed E-state index contributed by atoms with van der Waals surface area (Å²) in [6, 6.07) is 0. The Morgan fingerprint density at radius 3 is 2.71 bits per heavy atom. The number of ether oxygens (including phenoxy) is 2. The zero-order valence-corrected chi connectivity index (χ0v) is 10.9. The number of hydrogen-bond donors (Lipinski definition) is 1. The smallest absolute Gasteiger partial charge is 0.126 e. The van der Waals surface area contributed by atoms with Crippen LogP contribution in [-0.2, 0) is 9.47 Å². The molecule has 2 heterocycles. The van der Waals surface area contributed by atoms with Gasteiger partial charge in [0.1, 0.15) is 17.3 Å². The van der Waals surface area contributed by atoms with Crippen molar-refractivity contribution in [1.82, 2.24) is 0 Å². The van der Waals surface area contributed by atoms with Gasteiger partial charge in [0.05, 0.1) is 12.7 Å². The summed E-state index contributed by atoms with van der Waals surface area (Å²) >= 11 is 0. The van der Waals surface area contributed by atoms with Crippen molar-refractivity contribution in [2.45, 2.75) is 63.4 Å². The molecule has 96 valence electrons. The average Bonchev–Trinajstić information content (AvgIpc) is 2.82. The molecule has 0 bridgehead atoms. The molecule has 1 N–H and O–H groups in total. The molecule has 6 atom stereocenters. The van der Waals surface area contributed by atoms with E-state index in [1.807, 2.05) is 0 Å². The summed E-state index contributed by atoms with van der Waals surface area (Å²) in [5.74, 6) is 0.805. The molecule has 2 aliphatic carbocycles. The van der Waals surface area contributed by atoms with Crippen LogP contribution in [0.25, 0.3) is 0 Å². The maximum Gasteiger partial charge on any atom is 0.126 e. The van der Waals surface area contributed by atoms with Gasteiger partial charge in [0.2, 0.25) is 0 Å².